The van der Waals surface area contributed by atoms with Crippen molar-refractivity contribution in [1.29, 1.82) is 0 Å². The second kappa shape index (κ2) is 56.5. The molecule has 0 spiro atoms. The Bertz CT molecular complexity index is 1400. The fraction of sp³-hybridized carbons (Fsp3) is 0.879. The average molecular weight is 1090 g/mol. The van der Waals surface area contributed by atoms with Gasteiger partial charge in [0.05, 0.1) is 33.8 Å². The number of allylic oxidation sites excluding steroid dienone is 5. The van der Waals surface area contributed by atoms with E-state index in [0.717, 1.165) is 83.5 Å². The van der Waals surface area contributed by atoms with Gasteiger partial charge < -0.3 is 19.4 Å². The maximum Gasteiger partial charge on any atom is 0.472 e. The summed E-state index contributed by atoms with van der Waals surface area (Å²) in [4.78, 5) is 37.7. The molecule has 0 bridgehead atoms. The molecule has 1 amide bonds. The van der Waals surface area contributed by atoms with Crippen LogP contribution in [0.4, 0.5) is 0 Å². The summed E-state index contributed by atoms with van der Waals surface area (Å²) in [7, 11) is 1.50. The number of esters is 1. The van der Waals surface area contributed by atoms with Gasteiger partial charge in [-0.15, -0.1) is 0 Å². The SMILES string of the molecule is CC/C=C/C/C=C/CCCCCCCCCC(=O)NC(COP(=O)(O)OCC[N+](C)(C)C)C(/C=C\CCCCCCCCCCCCC)OC(=O)CCCCCCCCCCCCCCCCCCCCCCCCC. The lowest BCUT2D eigenvalue weighted by molar-refractivity contribution is -0.870. The minimum Gasteiger partial charge on any atom is -0.456 e. The monoisotopic (exact) mass is 1090 g/mol. The lowest BCUT2D eigenvalue weighted by atomic mass is 10.0. The molecule has 0 aliphatic rings. The normalized spacial score (nSPS) is 13.8. The number of quaternary nitrogens is 1. The van der Waals surface area contributed by atoms with Gasteiger partial charge in [0.2, 0.25) is 5.91 Å². The molecule has 0 aromatic rings. The molecular formula is C66H128N2O7P+. The third-order valence-corrected chi connectivity index (χ3v) is 15.8. The molecule has 3 atom stereocenters. The van der Waals surface area contributed by atoms with Crippen molar-refractivity contribution in [2.75, 3.05) is 40.9 Å². The van der Waals surface area contributed by atoms with Gasteiger partial charge >= 0.3 is 13.8 Å². The number of nitrogens with zero attached hydrogens (tertiary/aromatic N) is 1. The predicted molar refractivity (Wildman–Crippen MR) is 328 cm³/mol. The first kappa shape index (κ1) is 74.2. The predicted octanol–water partition coefficient (Wildman–Crippen LogP) is 20.3. The molecule has 3 unspecified atom stereocenters. The molecule has 9 nitrogen and oxygen atoms in total. The number of ether oxygens (including phenoxy) is 1. The Kier molecular flexibility index (Phi) is 55.2. The number of amides is 1. The van der Waals surface area contributed by atoms with Crippen LogP contribution in [-0.2, 0) is 27.9 Å². The van der Waals surface area contributed by atoms with Gasteiger partial charge in [-0.25, -0.2) is 4.57 Å². The highest BCUT2D eigenvalue weighted by Gasteiger charge is 2.30. The number of hydrogen-bond donors (Lipinski definition) is 2. The quantitative estimate of drug-likeness (QED) is 0.0205. The molecule has 0 saturated heterocycles. The maximum atomic E-state index is 13.5. The van der Waals surface area contributed by atoms with Crippen LogP contribution in [0.1, 0.15) is 323 Å². The maximum absolute atomic E-state index is 13.5. The third kappa shape index (κ3) is 56.9. The number of phosphoric ester groups is 1. The summed E-state index contributed by atoms with van der Waals surface area (Å²) >= 11 is 0. The molecule has 0 radical (unpaired) electrons. The third-order valence-electron chi connectivity index (χ3n) is 14.8. The van der Waals surface area contributed by atoms with Crippen LogP contribution in [0.2, 0.25) is 0 Å². The van der Waals surface area contributed by atoms with Gasteiger partial charge in [-0.3, -0.25) is 18.6 Å². The number of hydrogen-bond acceptors (Lipinski definition) is 6. The van der Waals surface area contributed by atoms with Crippen molar-refractivity contribution in [3.05, 3.63) is 36.5 Å². The molecule has 2 N–H and O–H groups in total. The first-order valence-electron chi connectivity index (χ1n) is 32.8. The Morgan fingerprint density at radius 1 is 0.474 bits per heavy atom. The van der Waals surface area contributed by atoms with Crippen LogP contribution in [0.3, 0.4) is 0 Å². The van der Waals surface area contributed by atoms with E-state index >= 15 is 0 Å². The van der Waals surface area contributed by atoms with E-state index in [0.29, 0.717) is 23.9 Å². The van der Waals surface area contributed by atoms with Gasteiger partial charge in [0.15, 0.2) is 0 Å². The number of carbonyl (C=O) groups is 2. The Balaban J connectivity index is 5.12. The first-order chi connectivity index (χ1) is 36.9. The van der Waals surface area contributed by atoms with Crippen LogP contribution in [0.15, 0.2) is 36.5 Å². The first-order valence-corrected chi connectivity index (χ1v) is 34.3. The van der Waals surface area contributed by atoms with Crippen molar-refractivity contribution < 1.29 is 37.3 Å². The molecule has 0 heterocycles. The van der Waals surface area contributed by atoms with Gasteiger partial charge in [0.25, 0.3) is 0 Å². The van der Waals surface area contributed by atoms with Crippen molar-refractivity contribution in [2.45, 2.75) is 335 Å². The summed E-state index contributed by atoms with van der Waals surface area (Å²) in [5, 5.41) is 3.06. The molecule has 0 saturated carbocycles. The summed E-state index contributed by atoms with van der Waals surface area (Å²) in [5.74, 6) is -0.499. The van der Waals surface area contributed by atoms with Gasteiger partial charge in [-0.2, -0.15) is 0 Å². The Morgan fingerprint density at radius 3 is 1.25 bits per heavy atom. The molecule has 0 aliphatic heterocycles. The number of phosphoric acid groups is 1. The highest BCUT2D eigenvalue weighted by Crippen LogP contribution is 2.43. The van der Waals surface area contributed by atoms with E-state index < -0.39 is 20.0 Å². The topological polar surface area (TPSA) is 111 Å². The largest absolute Gasteiger partial charge is 0.472 e. The molecule has 76 heavy (non-hydrogen) atoms. The van der Waals surface area contributed by atoms with E-state index in [4.69, 9.17) is 13.8 Å². The zero-order valence-corrected chi connectivity index (χ0v) is 52.2. The number of carbonyl (C=O) groups excluding carboxylic acids is 2. The lowest BCUT2D eigenvalue weighted by Crippen LogP contribution is -2.47. The Labute approximate surface area is 472 Å². The number of nitrogens with one attached hydrogen (secondary N) is 1. The molecule has 0 aromatic carbocycles. The second-order valence-corrected chi connectivity index (χ2v) is 25.1. The van der Waals surface area contributed by atoms with Crippen molar-refractivity contribution in [2.24, 2.45) is 0 Å². The average Bonchev–Trinajstić information content (AvgIpc) is 3.38. The summed E-state index contributed by atoms with van der Waals surface area (Å²) in [6.45, 7) is 6.95. The van der Waals surface area contributed by atoms with E-state index in [1.54, 1.807) is 0 Å². The van der Waals surface area contributed by atoms with E-state index in [2.05, 4.69) is 50.4 Å². The lowest BCUT2D eigenvalue weighted by Gasteiger charge is -2.27. The molecule has 0 rings (SSSR count). The standard InChI is InChI=1S/C66H127N2O7P/c1-7-10-13-16-19-22-25-28-30-31-32-33-34-35-36-37-38-41-44-47-50-53-56-59-66(70)75-64(57-54-51-48-45-42-39-27-24-21-18-15-12-9-3)63(62-74-76(71,72)73-61-60-68(4,5)6)67-65(69)58-55-52-49-46-43-40-29-26-23-20-17-14-11-8-2/h11,14,20,23,54,57,63-64H,7-10,12-13,15-19,21-22,24-53,55-56,58-62H2,1-6H3,(H-,67,69,71,72)/p+1/b14-11+,23-20+,57-54-. The summed E-state index contributed by atoms with van der Waals surface area (Å²) < 4.78 is 30.7. The number of unbranched alkanes of at least 4 members (excludes halogenated alkanes) is 40. The molecular weight excluding hydrogens is 964 g/mol. The highest BCUT2D eigenvalue weighted by atomic mass is 31.2. The minimum absolute atomic E-state index is 0.0408. The van der Waals surface area contributed by atoms with Crippen LogP contribution in [-0.4, -0.2) is 74.3 Å². The van der Waals surface area contributed by atoms with Crippen LogP contribution in [0.5, 0.6) is 0 Å². The zero-order chi connectivity index (χ0) is 55.7. The van der Waals surface area contributed by atoms with Crippen LogP contribution in [0, 0.1) is 0 Å². The number of rotatable bonds is 60. The summed E-state index contributed by atoms with van der Waals surface area (Å²) in [6.07, 6.45) is 68.7. The second-order valence-electron chi connectivity index (χ2n) is 23.6. The van der Waals surface area contributed by atoms with Crippen LogP contribution in [0.25, 0.3) is 0 Å². The van der Waals surface area contributed by atoms with Crippen molar-refractivity contribution >= 4 is 19.7 Å². The summed E-state index contributed by atoms with van der Waals surface area (Å²) in [5.41, 5.74) is 0. The minimum atomic E-state index is -4.45. The molecule has 10 heteroatoms. The molecule has 0 aliphatic carbocycles. The van der Waals surface area contributed by atoms with Crippen molar-refractivity contribution in [3.8, 4) is 0 Å². The van der Waals surface area contributed by atoms with Gasteiger partial charge in [0, 0.05) is 12.8 Å². The Morgan fingerprint density at radius 2 is 0.842 bits per heavy atom. The number of likely N-dealkylation sites (N-methyl/N-ethyl adjacent to an activating group) is 1. The fourth-order valence-electron chi connectivity index (χ4n) is 9.80. The smallest absolute Gasteiger partial charge is 0.456 e. The highest BCUT2D eigenvalue weighted by molar-refractivity contribution is 7.47. The van der Waals surface area contributed by atoms with Gasteiger partial charge in [0.1, 0.15) is 19.3 Å². The van der Waals surface area contributed by atoms with Crippen molar-refractivity contribution in [3.63, 3.8) is 0 Å². The fourth-order valence-corrected chi connectivity index (χ4v) is 10.5. The van der Waals surface area contributed by atoms with E-state index in [-0.39, 0.29) is 25.1 Å². The van der Waals surface area contributed by atoms with E-state index in [9.17, 15) is 19.0 Å². The van der Waals surface area contributed by atoms with Gasteiger partial charge in [-0.1, -0.05) is 289 Å². The van der Waals surface area contributed by atoms with Crippen molar-refractivity contribution in [1.82, 2.24) is 5.32 Å². The van der Waals surface area contributed by atoms with Crippen LogP contribution >= 0.6 is 7.82 Å². The zero-order valence-electron chi connectivity index (χ0n) is 51.3. The van der Waals surface area contributed by atoms with Gasteiger partial charge in [-0.05, 0) is 57.4 Å². The summed E-state index contributed by atoms with van der Waals surface area (Å²) in [6, 6.07) is -0.849. The van der Waals surface area contributed by atoms with E-state index in [1.807, 2.05) is 33.3 Å². The van der Waals surface area contributed by atoms with Crippen LogP contribution < -0.4 is 5.32 Å². The molecule has 448 valence electrons. The molecule has 0 aromatic heterocycles. The van der Waals surface area contributed by atoms with E-state index in [1.165, 1.54) is 205 Å². The molecule has 0 fully saturated rings. The Hall–Kier alpha value is -1.77.